The van der Waals surface area contributed by atoms with Crippen molar-refractivity contribution < 1.29 is 22.4 Å². The molecule has 0 spiro atoms. The summed E-state index contributed by atoms with van der Waals surface area (Å²) >= 11 is 0. The number of primary amides is 1. The molecule has 1 aliphatic rings. The Morgan fingerprint density at radius 2 is 1.70 bits per heavy atom. The van der Waals surface area contributed by atoms with Crippen LogP contribution in [0.15, 0.2) is 30.3 Å². The quantitative estimate of drug-likeness (QED) is 0.807. The summed E-state index contributed by atoms with van der Waals surface area (Å²) in [4.78, 5) is 14.8. The predicted molar refractivity (Wildman–Crippen MR) is 77.3 cm³/mol. The van der Waals surface area contributed by atoms with Gasteiger partial charge in [0.2, 0.25) is 5.91 Å². The Morgan fingerprint density at radius 1 is 1.13 bits per heavy atom. The number of carbonyl (C=O) groups is 1. The van der Waals surface area contributed by atoms with Crippen LogP contribution in [-0.2, 0) is 4.79 Å². The summed E-state index contributed by atoms with van der Waals surface area (Å²) in [6.07, 6.45) is -3.68. The van der Waals surface area contributed by atoms with Crippen molar-refractivity contribution in [3.05, 3.63) is 35.9 Å². The third-order valence-electron chi connectivity index (χ3n) is 3.91. The highest BCUT2D eigenvalue weighted by atomic mass is 19.3. The van der Waals surface area contributed by atoms with E-state index in [1.807, 2.05) is 6.07 Å². The summed E-state index contributed by atoms with van der Waals surface area (Å²) < 4.78 is 50.7. The van der Waals surface area contributed by atoms with Crippen molar-refractivity contribution in [1.29, 1.82) is 0 Å². The van der Waals surface area contributed by atoms with Gasteiger partial charge in [0.15, 0.2) is 0 Å². The number of nitrogens with zero attached hydrogens (tertiary/aromatic N) is 2. The number of alkyl halides is 4. The average Bonchev–Trinajstić information content (AvgIpc) is 2.49. The molecule has 1 aromatic carbocycles. The second kappa shape index (κ2) is 7.27. The van der Waals surface area contributed by atoms with Gasteiger partial charge in [0.25, 0.3) is 0 Å². The molecule has 1 saturated heterocycles. The molecule has 2 N–H and O–H groups in total. The summed E-state index contributed by atoms with van der Waals surface area (Å²) in [5.74, 6) is -4.55. The maximum Gasteiger partial charge on any atom is 0.319 e. The Bertz CT molecular complexity index is 519. The van der Waals surface area contributed by atoms with Gasteiger partial charge in [-0.3, -0.25) is 14.6 Å². The molecule has 2 rings (SSSR count). The van der Waals surface area contributed by atoms with Crippen molar-refractivity contribution in [2.75, 3.05) is 32.7 Å². The highest BCUT2D eigenvalue weighted by molar-refractivity contribution is 5.81. The fraction of sp³-hybridized carbons (Fsp3) is 0.533. The summed E-state index contributed by atoms with van der Waals surface area (Å²) in [5, 5.41) is 0. The molecule has 1 amide bonds. The molecule has 1 heterocycles. The topological polar surface area (TPSA) is 49.6 Å². The zero-order valence-corrected chi connectivity index (χ0v) is 12.5. The molecule has 1 atom stereocenters. The number of hydrogen-bond donors (Lipinski definition) is 1. The van der Waals surface area contributed by atoms with Crippen molar-refractivity contribution in [3.8, 4) is 0 Å². The fourth-order valence-electron chi connectivity index (χ4n) is 2.74. The average molecular weight is 333 g/mol. The minimum Gasteiger partial charge on any atom is -0.368 e. The first kappa shape index (κ1) is 17.7. The van der Waals surface area contributed by atoms with E-state index in [2.05, 4.69) is 0 Å². The zero-order chi connectivity index (χ0) is 17.0. The molecule has 1 aliphatic heterocycles. The Balaban J connectivity index is 1.98. The number of carbonyl (C=O) groups excluding carboxylic acids is 1. The van der Waals surface area contributed by atoms with Crippen molar-refractivity contribution in [1.82, 2.24) is 9.80 Å². The number of hydrogen-bond acceptors (Lipinski definition) is 3. The van der Waals surface area contributed by atoms with Crippen molar-refractivity contribution in [2.45, 2.75) is 18.4 Å². The lowest BCUT2D eigenvalue weighted by Gasteiger charge is -2.39. The van der Waals surface area contributed by atoms with Crippen LogP contribution in [0.2, 0.25) is 0 Å². The van der Waals surface area contributed by atoms with Gasteiger partial charge < -0.3 is 5.73 Å². The monoisotopic (exact) mass is 333 g/mol. The van der Waals surface area contributed by atoms with E-state index in [1.165, 1.54) is 4.90 Å². The van der Waals surface area contributed by atoms with E-state index in [-0.39, 0.29) is 13.1 Å². The second-order valence-electron chi connectivity index (χ2n) is 5.59. The first-order chi connectivity index (χ1) is 10.8. The number of benzene rings is 1. The number of rotatable bonds is 6. The lowest BCUT2D eigenvalue weighted by Crippen LogP contribution is -2.53. The third-order valence-corrected chi connectivity index (χ3v) is 3.91. The van der Waals surface area contributed by atoms with Crippen molar-refractivity contribution in [3.63, 3.8) is 0 Å². The van der Waals surface area contributed by atoms with Gasteiger partial charge in [0, 0.05) is 26.2 Å². The van der Waals surface area contributed by atoms with Crippen molar-refractivity contribution >= 4 is 5.91 Å². The first-order valence-electron chi connectivity index (χ1n) is 7.28. The zero-order valence-electron chi connectivity index (χ0n) is 12.5. The molecule has 1 unspecified atom stereocenters. The van der Waals surface area contributed by atoms with Gasteiger partial charge >= 0.3 is 12.3 Å². The summed E-state index contributed by atoms with van der Waals surface area (Å²) in [5.41, 5.74) is 6.19. The van der Waals surface area contributed by atoms with Gasteiger partial charge in [-0.2, -0.15) is 8.78 Å². The molecule has 4 nitrogen and oxygen atoms in total. The highest BCUT2D eigenvalue weighted by Gasteiger charge is 2.43. The molecule has 0 bridgehead atoms. The van der Waals surface area contributed by atoms with Crippen LogP contribution in [0.5, 0.6) is 0 Å². The molecule has 0 radical (unpaired) electrons. The van der Waals surface area contributed by atoms with Gasteiger partial charge in [-0.1, -0.05) is 30.3 Å². The van der Waals surface area contributed by atoms with Gasteiger partial charge in [0.1, 0.15) is 6.04 Å². The largest absolute Gasteiger partial charge is 0.368 e. The van der Waals surface area contributed by atoms with E-state index in [0.717, 1.165) is 5.56 Å². The second-order valence-corrected chi connectivity index (χ2v) is 5.59. The maximum atomic E-state index is 13.1. The number of nitrogens with two attached hydrogens (primary N) is 1. The molecule has 0 aromatic heterocycles. The molecule has 1 aromatic rings. The maximum absolute atomic E-state index is 13.1. The first-order valence-corrected chi connectivity index (χ1v) is 7.28. The Labute approximate surface area is 131 Å². The van der Waals surface area contributed by atoms with Crippen LogP contribution in [0, 0.1) is 0 Å². The lowest BCUT2D eigenvalue weighted by molar-refractivity contribution is -0.146. The standard InChI is InChI=1S/C15H19F4N3O/c16-14(17)15(18,19)10-21-6-8-22(9-7-21)12(13(20)23)11-4-2-1-3-5-11/h1-5,12,14H,6-10H2,(H2,20,23). The fourth-order valence-corrected chi connectivity index (χ4v) is 2.74. The van der Waals surface area contributed by atoms with Crippen LogP contribution < -0.4 is 5.73 Å². The van der Waals surface area contributed by atoms with E-state index in [0.29, 0.717) is 13.1 Å². The van der Waals surface area contributed by atoms with Crippen LogP contribution in [0.1, 0.15) is 11.6 Å². The van der Waals surface area contributed by atoms with Gasteiger partial charge in [0.05, 0.1) is 6.54 Å². The number of amides is 1. The summed E-state index contributed by atoms with van der Waals surface area (Å²) in [7, 11) is 0. The van der Waals surface area contributed by atoms with Crippen molar-refractivity contribution in [2.24, 2.45) is 5.73 Å². The normalized spacial score (nSPS) is 19.0. The van der Waals surface area contributed by atoms with E-state index >= 15 is 0 Å². The van der Waals surface area contributed by atoms with E-state index in [9.17, 15) is 22.4 Å². The van der Waals surface area contributed by atoms with E-state index < -0.39 is 30.8 Å². The molecule has 8 heteroatoms. The van der Waals surface area contributed by atoms with Gasteiger partial charge in [-0.05, 0) is 5.56 Å². The predicted octanol–water partition coefficient (Wildman–Crippen LogP) is 1.73. The molecule has 128 valence electrons. The van der Waals surface area contributed by atoms with E-state index in [4.69, 9.17) is 5.73 Å². The SMILES string of the molecule is NC(=O)C(c1ccccc1)N1CCN(CC(F)(F)C(F)F)CC1. The minimum atomic E-state index is -4.02. The molecule has 0 saturated carbocycles. The third kappa shape index (κ3) is 4.42. The van der Waals surface area contributed by atoms with Gasteiger partial charge in [-0.15, -0.1) is 0 Å². The van der Waals surface area contributed by atoms with Crippen LogP contribution in [0.25, 0.3) is 0 Å². The molecule has 0 aliphatic carbocycles. The van der Waals surface area contributed by atoms with Crippen LogP contribution in [0.4, 0.5) is 17.6 Å². The number of piperazine rings is 1. The number of halogens is 4. The summed E-state index contributed by atoms with van der Waals surface area (Å²) in [6.45, 7) is -0.00737. The minimum absolute atomic E-state index is 0.179. The lowest BCUT2D eigenvalue weighted by atomic mass is 10.0. The summed E-state index contributed by atoms with van der Waals surface area (Å²) in [6, 6.07) is 8.27. The molecular formula is C15H19F4N3O. The highest BCUT2D eigenvalue weighted by Crippen LogP contribution is 2.26. The Kier molecular flexibility index (Phi) is 5.59. The van der Waals surface area contributed by atoms with Crippen LogP contribution >= 0.6 is 0 Å². The van der Waals surface area contributed by atoms with E-state index in [1.54, 1.807) is 29.2 Å². The van der Waals surface area contributed by atoms with Gasteiger partial charge in [-0.25, -0.2) is 8.78 Å². The molecule has 23 heavy (non-hydrogen) atoms. The molecule has 1 fully saturated rings. The van der Waals surface area contributed by atoms with Crippen LogP contribution in [-0.4, -0.2) is 60.8 Å². The molecular weight excluding hydrogens is 314 g/mol. The smallest absolute Gasteiger partial charge is 0.319 e. The Morgan fingerprint density at radius 3 is 2.17 bits per heavy atom. The Hall–Kier alpha value is -1.67. The van der Waals surface area contributed by atoms with Crippen LogP contribution in [0.3, 0.4) is 0 Å².